The number of fused-ring (bicyclic) bond motifs is 1. The van der Waals surface area contributed by atoms with Crippen molar-refractivity contribution in [3.05, 3.63) is 90.6 Å². The fourth-order valence-electron chi connectivity index (χ4n) is 3.50. The largest absolute Gasteiger partial charge is 0.497 e. The molecule has 0 aliphatic rings. The van der Waals surface area contributed by atoms with Gasteiger partial charge in [0.25, 0.3) is 0 Å². The summed E-state index contributed by atoms with van der Waals surface area (Å²) in [7, 11) is 1.64. The number of hydrogen-bond acceptors (Lipinski definition) is 4. The van der Waals surface area contributed by atoms with Gasteiger partial charge in [-0.1, -0.05) is 36.4 Å². The number of ether oxygens (including phenoxy) is 2. The zero-order valence-electron chi connectivity index (χ0n) is 18.4. The van der Waals surface area contributed by atoms with Gasteiger partial charge in [0.15, 0.2) is 5.11 Å². The van der Waals surface area contributed by atoms with Crippen molar-refractivity contribution in [2.45, 2.75) is 13.0 Å². The quantitative estimate of drug-likeness (QED) is 0.151. The van der Waals surface area contributed by atoms with Gasteiger partial charge in [0, 0.05) is 34.9 Å². The first-order valence-electron chi connectivity index (χ1n) is 10.7. The molecule has 1 aromatic heterocycles. The molecule has 0 saturated heterocycles. The van der Waals surface area contributed by atoms with Crippen LogP contribution in [0.25, 0.3) is 10.9 Å². The Labute approximate surface area is 198 Å². The molecule has 0 aliphatic carbocycles. The van der Waals surface area contributed by atoms with E-state index in [0.717, 1.165) is 46.6 Å². The molecule has 4 rings (SSSR count). The van der Waals surface area contributed by atoms with Crippen LogP contribution in [0.1, 0.15) is 12.0 Å². The summed E-state index contributed by atoms with van der Waals surface area (Å²) < 4.78 is 13.2. The molecule has 7 heteroatoms. The summed E-state index contributed by atoms with van der Waals surface area (Å²) in [5.41, 5.74) is 5.93. The van der Waals surface area contributed by atoms with Crippen molar-refractivity contribution >= 4 is 40.1 Å². The molecule has 4 aromatic rings. The highest BCUT2D eigenvalue weighted by Crippen LogP contribution is 2.20. The van der Waals surface area contributed by atoms with E-state index in [1.807, 2.05) is 66.7 Å². The summed E-state index contributed by atoms with van der Waals surface area (Å²) in [6.45, 7) is 1.51. The van der Waals surface area contributed by atoms with E-state index >= 15 is 0 Å². The van der Waals surface area contributed by atoms with E-state index in [0.29, 0.717) is 11.7 Å². The Morgan fingerprint density at radius 2 is 1.73 bits per heavy atom. The third-order valence-corrected chi connectivity index (χ3v) is 5.29. The second-order valence-corrected chi connectivity index (χ2v) is 7.77. The summed E-state index contributed by atoms with van der Waals surface area (Å²) in [6, 6.07) is 25.7. The van der Waals surface area contributed by atoms with Crippen molar-refractivity contribution in [3.8, 4) is 11.5 Å². The van der Waals surface area contributed by atoms with Crippen LogP contribution >= 0.6 is 12.2 Å². The highest BCUT2D eigenvalue weighted by Gasteiger charge is 2.07. The van der Waals surface area contributed by atoms with Crippen molar-refractivity contribution in [2.75, 3.05) is 19.0 Å². The van der Waals surface area contributed by atoms with Crippen molar-refractivity contribution in [3.63, 3.8) is 0 Å². The van der Waals surface area contributed by atoms with E-state index in [1.54, 1.807) is 13.3 Å². The highest BCUT2D eigenvalue weighted by atomic mass is 32.1. The van der Waals surface area contributed by atoms with Crippen molar-refractivity contribution in [1.82, 2.24) is 9.99 Å². The molecule has 0 atom stereocenters. The molecular formula is C26H26N4O2S. The van der Waals surface area contributed by atoms with E-state index in [4.69, 9.17) is 21.7 Å². The van der Waals surface area contributed by atoms with Crippen LogP contribution in [0.4, 0.5) is 5.69 Å². The summed E-state index contributed by atoms with van der Waals surface area (Å²) >= 11 is 5.34. The average Bonchev–Trinajstić information content (AvgIpc) is 3.20. The first kappa shape index (κ1) is 22.4. The number of methoxy groups -OCH3 is 1. The molecule has 0 unspecified atom stereocenters. The maximum atomic E-state index is 5.82. The van der Waals surface area contributed by atoms with Gasteiger partial charge >= 0.3 is 0 Å². The summed E-state index contributed by atoms with van der Waals surface area (Å²) in [6.07, 6.45) is 4.80. The molecule has 6 nitrogen and oxygen atoms in total. The summed E-state index contributed by atoms with van der Waals surface area (Å²) in [5.74, 6) is 1.69. The standard InChI is InChI=1S/C26H26N4O2S/c1-31-22-14-12-21(13-15-22)28-26(33)29-27-18-20-19-30(25-11-6-5-10-24(20)25)16-7-17-32-23-8-3-2-4-9-23/h2-6,8-15,18-19H,7,16-17H2,1H3,(H2,28,29,33)/b27-18-. The predicted octanol–water partition coefficient (Wildman–Crippen LogP) is 5.44. The zero-order chi connectivity index (χ0) is 22.9. The monoisotopic (exact) mass is 458 g/mol. The zero-order valence-corrected chi connectivity index (χ0v) is 19.2. The van der Waals surface area contributed by atoms with Gasteiger partial charge < -0.3 is 19.4 Å². The van der Waals surface area contributed by atoms with Gasteiger partial charge in [0.1, 0.15) is 11.5 Å². The Morgan fingerprint density at radius 1 is 0.970 bits per heavy atom. The average molecular weight is 459 g/mol. The van der Waals surface area contributed by atoms with Crippen molar-refractivity contribution < 1.29 is 9.47 Å². The fourth-order valence-corrected chi connectivity index (χ4v) is 3.67. The molecule has 0 fully saturated rings. The van der Waals surface area contributed by atoms with Crippen LogP contribution in [-0.4, -0.2) is 29.6 Å². The molecule has 0 bridgehead atoms. The minimum atomic E-state index is 0.415. The van der Waals surface area contributed by atoms with E-state index in [2.05, 4.69) is 38.7 Å². The van der Waals surface area contributed by atoms with Gasteiger partial charge in [-0.05, 0) is 61.1 Å². The third-order valence-electron chi connectivity index (χ3n) is 5.09. The molecule has 1 heterocycles. The van der Waals surface area contributed by atoms with E-state index in [-0.39, 0.29) is 0 Å². The number of benzene rings is 3. The van der Waals surface area contributed by atoms with Crippen LogP contribution in [-0.2, 0) is 6.54 Å². The van der Waals surface area contributed by atoms with Gasteiger partial charge in [-0.15, -0.1) is 0 Å². The first-order chi connectivity index (χ1) is 16.2. The highest BCUT2D eigenvalue weighted by molar-refractivity contribution is 7.80. The number of aromatic nitrogens is 1. The van der Waals surface area contributed by atoms with Crippen LogP contribution in [0.15, 0.2) is 90.2 Å². The second-order valence-electron chi connectivity index (χ2n) is 7.36. The summed E-state index contributed by atoms with van der Waals surface area (Å²) in [4.78, 5) is 0. The SMILES string of the molecule is COc1ccc(NC(=S)N/N=C\c2cn(CCCOc3ccccc3)c3ccccc23)cc1. The molecule has 2 N–H and O–H groups in total. The van der Waals surface area contributed by atoms with Crippen LogP contribution in [0.3, 0.4) is 0 Å². The number of anilines is 1. The topological polar surface area (TPSA) is 59.8 Å². The predicted molar refractivity (Wildman–Crippen MR) is 138 cm³/mol. The molecule has 0 aliphatic heterocycles. The molecule has 0 radical (unpaired) electrons. The first-order valence-corrected chi connectivity index (χ1v) is 11.1. The van der Waals surface area contributed by atoms with Gasteiger partial charge in [-0.25, -0.2) is 0 Å². The number of rotatable bonds is 9. The molecule has 168 valence electrons. The summed E-state index contributed by atoms with van der Waals surface area (Å²) in [5, 5.41) is 8.99. The maximum absolute atomic E-state index is 5.82. The number of aryl methyl sites for hydroxylation is 1. The molecular weight excluding hydrogens is 432 g/mol. The Kier molecular flexibility index (Phi) is 7.56. The molecule has 3 aromatic carbocycles. The van der Waals surface area contributed by atoms with Crippen LogP contribution < -0.4 is 20.2 Å². The lowest BCUT2D eigenvalue weighted by Crippen LogP contribution is -2.23. The van der Waals surface area contributed by atoms with Gasteiger partial charge in [0.2, 0.25) is 0 Å². The Morgan fingerprint density at radius 3 is 2.52 bits per heavy atom. The minimum Gasteiger partial charge on any atom is -0.497 e. The number of hydrazone groups is 1. The van der Waals surface area contributed by atoms with Crippen molar-refractivity contribution in [1.29, 1.82) is 0 Å². The van der Waals surface area contributed by atoms with E-state index in [1.165, 1.54) is 0 Å². The number of thiocarbonyl (C=S) groups is 1. The maximum Gasteiger partial charge on any atom is 0.191 e. The lowest BCUT2D eigenvalue weighted by Gasteiger charge is -2.07. The molecule has 0 amide bonds. The van der Waals surface area contributed by atoms with E-state index in [9.17, 15) is 0 Å². The molecule has 33 heavy (non-hydrogen) atoms. The van der Waals surface area contributed by atoms with Gasteiger partial charge in [-0.2, -0.15) is 5.10 Å². The number of hydrogen-bond donors (Lipinski definition) is 2. The van der Waals surface area contributed by atoms with Gasteiger partial charge in [-0.3, -0.25) is 5.43 Å². The Hall–Kier alpha value is -3.84. The third kappa shape index (κ3) is 6.11. The van der Waals surface area contributed by atoms with E-state index < -0.39 is 0 Å². The molecule has 0 saturated carbocycles. The molecule has 0 spiro atoms. The smallest absolute Gasteiger partial charge is 0.191 e. The lowest BCUT2D eigenvalue weighted by molar-refractivity contribution is 0.302. The number of para-hydroxylation sites is 2. The number of nitrogens with zero attached hydrogens (tertiary/aromatic N) is 2. The van der Waals surface area contributed by atoms with Gasteiger partial charge in [0.05, 0.1) is 19.9 Å². The van der Waals surface area contributed by atoms with Crippen molar-refractivity contribution in [2.24, 2.45) is 5.10 Å². The Bertz CT molecular complexity index is 1220. The van der Waals surface area contributed by atoms with Crippen LogP contribution in [0, 0.1) is 0 Å². The van der Waals surface area contributed by atoms with Crippen LogP contribution in [0.2, 0.25) is 0 Å². The number of nitrogens with one attached hydrogen (secondary N) is 2. The second kappa shape index (κ2) is 11.2. The minimum absolute atomic E-state index is 0.415. The normalized spacial score (nSPS) is 10.9. The van der Waals surface area contributed by atoms with Crippen LogP contribution in [0.5, 0.6) is 11.5 Å². The fraction of sp³-hybridized carbons (Fsp3) is 0.154. The lowest BCUT2D eigenvalue weighted by atomic mass is 10.2. The Balaban J connectivity index is 1.35.